The molecule has 0 saturated heterocycles. The Morgan fingerprint density at radius 1 is 0.227 bits per heavy atom. The van der Waals surface area contributed by atoms with Crippen LogP contribution in [0.3, 0.4) is 0 Å². The van der Waals surface area contributed by atoms with Crippen LogP contribution in [0.1, 0.15) is 0 Å². The van der Waals surface area contributed by atoms with Crippen LogP contribution in [0.15, 0.2) is 368 Å². The molecule has 0 saturated carbocycles. The summed E-state index contributed by atoms with van der Waals surface area (Å²) >= 11 is 1.71. The van der Waals surface area contributed by atoms with Crippen LogP contribution < -0.4 is 0 Å². The van der Waals surface area contributed by atoms with Crippen molar-refractivity contribution in [2.24, 2.45) is 0 Å². The predicted molar refractivity (Wildman–Crippen MR) is 458 cm³/mol. The molecule has 0 bridgehead atoms. The van der Waals surface area contributed by atoms with Crippen molar-refractivity contribution >= 4 is 163 Å². The second-order valence-corrected chi connectivity index (χ2v) is 29.5. The zero-order valence-corrected chi connectivity index (χ0v) is 59.9. The molecule has 0 fully saturated rings. The van der Waals surface area contributed by atoms with E-state index in [0.29, 0.717) is 5.71 Å². The quantitative estimate of drug-likeness (QED) is 0.151. The van der Waals surface area contributed by atoms with Crippen molar-refractivity contribution in [3.05, 3.63) is 364 Å². The van der Waals surface area contributed by atoms with E-state index in [1.54, 1.807) is 11.3 Å². The Balaban J connectivity index is 0.000000132. The fourth-order valence-corrected chi connectivity index (χ4v) is 18.2. The lowest BCUT2D eigenvalue weighted by atomic mass is 10.0. The van der Waals surface area contributed by atoms with E-state index in [4.69, 9.17) is 24.4 Å². The van der Waals surface area contributed by atoms with Gasteiger partial charge >= 0.3 is 0 Å². The van der Waals surface area contributed by atoms with Gasteiger partial charge in [0.2, 0.25) is 5.71 Å². The van der Waals surface area contributed by atoms with Crippen molar-refractivity contribution in [3.63, 3.8) is 0 Å². The summed E-state index contributed by atoms with van der Waals surface area (Å²) in [4.78, 5) is 23.2. The third kappa shape index (κ3) is 9.66. The smallest absolute Gasteiger partial charge is 0.248 e. The topological polar surface area (TPSA) is 84.4 Å². The second kappa shape index (κ2) is 24.5. The third-order valence-corrected chi connectivity index (χ3v) is 23.3. The first kappa shape index (κ1) is 61.7. The van der Waals surface area contributed by atoms with Crippen molar-refractivity contribution in [1.29, 1.82) is 0 Å². The summed E-state index contributed by atoms with van der Waals surface area (Å²) in [6, 6.07) is 130. The Bertz CT molecular complexity index is 7440. The molecule has 24 aromatic rings. The Hall–Kier alpha value is -14.6. The van der Waals surface area contributed by atoms with Crippen molar-refractivity contribution in [2.75, 3.05) is 0 Å². The van der Waals surface area contributed by atoms with Gasteiger partial charge in [-0.1, -0.05) is 261 Å². The zero-order valence-electron chi connectivity index (χ0n) is 59.0. The van der Waals surface area contributed by atoms with Crippen LogP contribution in [0.2, 0.25) is 0 Å². The molecular formula is C100H60N8OS. The van der Waals surface area contributed by atoms with Crippen LogP contribution in [-0.2, 0) is 0 Å². The van der Waals surface area contributed by atoms with Gasteiger partial charge in [0.1, 0.15) is 32.8 Å². The van der Waals surface area contributed by atoms with Crippen molar-refractivity contribution < 1.29 is 4.42 Å². The average Bonchev–Trinajstić information content (AvgIpc) is 1.28. The lowest BCUT2D eigenvalue weighted by Gasteiger charge is -2.14. The van der Waals surface area contributed by atoms with E-state index in [1.807, 2.05) is 6.07 Å². The van der Waals surface area contributed by atoms with Crippen LogP contribution in [0.4, 0.5) is 0 Å². The molecule has 16 aromatic carbocycles. The average molecular weight is 1420 g/mol. The SMILES string of the molecule is c1ccc(-c2ccc3c(c2)oc2nc(-n4c5ccccc5c5cc6ccccc6cc54)c(-c4ccc5c6ccccc6n(-c6ccccc6)c5c4)nc23)cc1.c1ccc(-c2ccc3c(c2)sc2nc(-n4c5ccccc5c5cc6ccccc6cc54)c(-c4ccc5c6ccccc6n(-c6ccccc6)c5c4)nc23)cc1. The first-order valence-corrected chi connectivity index (χ1v) is 38.0. The van der Waals surface area contributed by atoms with Gasteiger partial charge in [0.15, 0.2) is 11.6 Å². The monoisotopic (exact) mass is 1420 g/mol. The molecular weight excluding hydrogens is 1360 g/mol. The van der Waals surface area contributed by atoms with Gasteiger partial charge in [-0.05, 0) is 147 Å². The van der Waals surface area contributed by atoms with E-state index >= 15 is 0 Å². The van der Waals surface area contributed by atoms with Crippen molar-refractivity contribution in [1.82, 2.24) is 38.2 Å². The number of hydrogen-bond acceptors (Lipinski definition) is 6. The van der Waals surface area contributed by atoms with Gasteiger partial charge in [0.05, 0.1) is 44.1 Å². The minimum atomic E-state index is 0.505. The number of hydrogen-bond donors (Lipinski definition) is 0. The summed E-state index contributed by atoms with van der Waals surface area (Å²) in [5, 5.41) is 16.4. The molecule has 9 nitrogen and oxygen atoms in total. The van der Waals surface area contributed by atoms with E-state index < -0.39 is 0 Å². The highest BCUT2D eigenvalue weighted by Gasteiger charge is 2.27. The van der Waals surface area contributed by atoms with Gasteiger partial charge in [0.25, 0.3) is 0 Å². The first-order valence-electron chi connectivity index (χ1n) is 37.2. The minimum Gasteiger partial charge on any atom is -0.436 e. The number of para-hydroxylation sites is 6. The number of thiophene rings is 1. The van der Waals surface area contributed by atoms with E-state index in [0.717, 1.165) is 133 Å². The summed E-state index contributed by atoms with van der Waals surface area (Å²) in [6.45, 7) is 0. The van der Waals surface area contributed by atoms with Crippen LogP contribution >= 0.6 is 11.3 Å². The molecule has 0 atom stereocenters. The molecule has 0 unspecified atom stereocenters. The van der Waals surface area contributed by atoms with Crippen LogP contribution in [-0.4, -0.2) is 38.2 Å². The normalized spacial score (nSPS) is 12.0. The molecule has 0 aliphatic heterocycles. The standard InChI is InChI=1S/C50H30N4O.C50H30N4S/c2*1-3-13-31(14-4-1)34-23-26-40-46(30-34)55-50-48(40)51-47(35-24-25-39-37-19-9-11-21-42(37)53(44(39)29-35)36-17-5-2-6-18-36)49(52-50)54-43-22-12-10-20-38(43)41-27-32-15-7-8-16-33(32)28-45(41)54/h2*1-30H. The van der Waals surface area contributed by atoms with Crippen LogP contribution in [0.5, 0.6) is 0 Å². The number of furan rings is 1. The summed E-state index contributed by atoms with van der Waals surface area (Å²) < 4.78 is 17.2. The first-order chi connectivity index (χ1) is 54.5. The van der Waals surface area contributed by atoms with E-state index in [-0.39, 0.29) is 0 Å². The largest absolute Gasteiger partial charge is 0.436 e. The highest BCUT2D eigenvalue weighted by atomic mass is 32.1. The van der Waals surface area contributed by atoms with Crippen LogP contribution in [0.25, 0.3) is 219 Å². The molecule has 0 spiro atoms. The molecule has 10 heteroatoms. The lowest BCUT2D eigenvalue weighted by molar-refractivity contribution is 0.652. The number of fused-ring (bicyclic) bond motifs is 20. The molecule has 110 heavy (non-hydrogen) atoms. The second-order valence-electron chi connectivity index (χ2n) is 28.4. The molecule has 0 N–H and O–H groups in total. The Morgan fingerprint density at radius 3 is 1.09 bits per heavy atom. The van der Waals surface area contributed by atoms with E-state index in [2.05, 4.69) is 376 Å². The van der Waals surface area contributed by atoms with Gasteiger partial charge in [0, 0.05) is 81.1 Å². The number of benzene rings is 16. The number of aromatic nitrogens is 8. The van der Waals surface area contributed by atoms with Gasteiger partial charge < -0.3 is 13.6 Å². The number of rotatable bonds is 8. The molecule has 0 radical (unpaired) electrons. The molecule has 0 amide bonds. The highest BCUT2D eigenvalue weighted by molar-refractivity contribution is 7.25. The summed E-state index contributed by atoms with van der Waals surface area (Å²) in [6.07, 6.45) is 0. The minimum absolute atomic E-state index is 0.505. The van der Waals surface area contributed by atoms with E-state index in [9.17, 15) is 0 Å². The molecule has 512 valence electrons. The Kier molecular flexibility index (Phi) is 13.7. The summed E-state index contributed by atoms with van der Waals surface area (Å²) in [5.74, 6) is 1.54. The van der Waals surface area contributed by atoms with Gasteiger partial charge in [-0.3, -0.25) is 9.13 Å². The Labute approximate surface area is 632 Å². The number of nitrogens with zero attached hydrogens (tertiary/aromatic N) is 8. The maximum absolute atomic E-state index is 6.63. The summed E-state index contributed by atoms with van der Waals surface area (Å²) in [5.41, 5.74) is 22.3. The zero-order chi connectivity index (χ0) is 72.1. The van der Waals surface area contributed by atoms with Gasteiger partial charge in [-0.15, -0.1) is 11.3 Å². The maximum atomic E-state index is 6.63. The Morgan fingerprint density at radius 2 is 0.591 bits per heavy atom. The summed E-state index contributed by atoms with van der Waals surface area (Å²) in [7, 11) is 0. The maximum Gasteiger partial charge on any atom is 0.248 e. The fourth-order valence-electron chi connectivity index (χ4n) is 17.2. The molecule has 8 aromatic heterocycles. The molecule has 24 rings (SSSR count). The third-order valence-electron chi connectivity index (χ3n) is 22.2. The van der Waals surface area contributed by atoms with Gasteiger partial charge in [-0.2, -0.15) is 4.98 Å². The van der Waals surface area contributed by atoms with Crippen molar-refractivity contribution in [3.8, 4) is 67.8 Å². The van der Waals surface area contributed by atoms with Crippen molar-refractivity contribution in [2.45, 2.75) is 0 Å². The molecule has 8 heterocycles. The molecule has 0 aliphatic rings. The molecule has 0 aliphatic carbocycles. The highest BCUT2D eigenvalue weighted by Crippen LogP contribution is 2.46. The van der Waals surface area contributed by atoms with Gasteiger partial charge in [-0.25, -0.2) is 15.0 Å². The predicted octanol–water partition coefficient (Wildman–Crippen LogP) is 26.6. The lowest BCUT2D eigenvalue weighted by Crippen LogP contribution is -2.03. The fraction of sp³-hybridized carbons (Fsp3) is 0. The van der Waals surface area contributed by atoms with E-state index in [1.165, 1.54) is 80.6 Å². The van der Waals surface area contributed by atoms with Crippen LogP contribution in [0, 0.1) is 0 Å².